The highest BCUT2D eigenvalue weighted by Crippen LogP contribution is 2.39. The molecule has 0 saturated heterocycles. The zero-order chi connectivity index (χ0) is 15.3. The highest BCUT2D eigenvalue weighted by Gasteiger charge is 2.43. The zero-order valence-electron chi connectivity index (χ0n) is 14.1. The molecule has 19 heavy (non-hydrogen) atoms. The van der Waals surface area contributed by atoms with Gasteiger partial charge in [0.1, 0.15) is 11.7 Å². The maximum Gasteiger partial charge on any atom is 0.193 e. The third-order valence-electron chi connectivity index (χ3n) is 4.42. The van der Waals surface area contributed by atoms with Crippen LogP contribution in [-0.2, 0) is 9.16 Å². The highest BCUT2D eigenvalue weighted by atomic mass is 28.4. The van der Waals surface area contributed by atoms with E-state index in [4.69, 9.17) is 15.6 Å². The van der Waals surface area contributed by atoms with Crippen LogP contribution in [0.3, 0.4) is 0 Å². The molecule has 0 rings (SSSR count). The lowest BCUT2D eigenvalue weighted by Crippen LogP contribution is -2.51. The van der Waals surface area contributed by atoms with Gasteiger partial charge in [-0.25, -0.2) is 0 Å². The predicted octanol–water partition coefficient (Wildman–Crippen LogP) is 4.61. The van der Waals surface area contributed by atoms with E-state index < -0.39 is 8.32 Å². The summed E-state index contributed by atoms with van der Waals surface area (Å²) in [6.07, 6.45) is 8.62. The molecule has 112 valence electrons. The van der Waals surface area contributed by atoms with Gasteiger partial charge in [-0.05, 0) is 31.5 Å². The van der Waals surface area contributed by atoms with Gasteiger partial charge in [0, 0.05) is 7.11 Å². The molecule has 0 N–H and O–H groups in total. The van der Waals surface area contributed by atoms with E-state index in [1.54, 1.807) is 7.11 Å². The van der Waals surface area contributed by atoms with Crippen molar-refractivity contribution in [2.45, 2.75) is 83.7 Å². The molecule has 0 spiro atoms. The molecular weight excluding hydrogens is 252 g/mol. The van der Waals surface area contributed by atoms with Gasteiger partial charge >= 0.3 is 0 Å². The molecule has 0 aromatic carbocycles. The molecule has 1 unspecified atom stereocenters. The van der Waals surface area contributed by atoms with E-state index in [9.17, 15) is 0 Å². The van der Waals surface area contributed by atoms with Gasteiger partial charge in [0.05, 0.1) is 0 Å². The fourth-order valence-electron chi connectivity index (χ4n) is 1.67. The smallest absolute Gasteiger partial charge is 0.193 e. The molecule has 0 amide bonds. The number of rotatable bonds is 7. The highest BCUT2D eigenvalue weighted by molar-refractivity contribution is 6.74. The Kier molecular flexibility index (Phi) is 6.81. The van der Waals surface area contributed by atoms with E-state index in [0.29, 0.717) is 0 Å². The molecule has 0 aromatic heterocycles. The normalized spacial score (nSPS) is 17.6. The summed E-state index contributed by atoms with van der Waals surface area (Å²) in [5.41, 5.74) is -0.389. The van der Waals surface area contributed by atoms with E-state index in [2.05, 4.69) is 53.6 Å². The second-order valence-electron chi connectivity index (χ2n) is 7.05. The number of hydrogen-bond acceptors (Lipinski definition) is 2. The molecule has 0 heterocycles. The average molecular weight is 285 g/mol. The third kappa shape index (κ3) is 4.94. The molecule has 0 aromatic rings. The first-order valence-electron chi connectivity index (χ1n) is 7.23. The second kappa shape index (κ2) is 6.92. The van der Waals surface area contributed by atoms with Gasteiger partial charge in [-0.1, -0.05) is 46.5 Å². The van der Waals surface area contributed by atoms with E-state index >= 15 is 0 Å². The molecule has 0 aliphatic heterocycles. The Morgan fingerprint density at radius 2 is 1.74 bits per heavy atom. The Balaban J connectivity index is 5.06. The predicted molar refractivity (Wildman–Crippen MR) is 85.8 cm³/mol. The summed E-state index contributed by atoms with van der Waals surface area (Å²) in [4.78, 5) is 0. The number of methoxy groups -OCH3 is 1. The van der Waals surface area contributed by atoms with Crippen molar-refractivity contribution in [3.8, 4) is 12.3 Å². The summed E-state index contributed by atoms with van der Waals surface area (Å²) < 4.78 is 12.1. The summed E-state index contributed by atoms with van der Waals surface area (Å²) in [5, 5.41) is 0.154. The minimum absolute atomic E-state index is 0.154. The maximum atomic E-state index is 6.38. The molecule has 0 saturated carbocycles. The van der Waals surface area contributed by atoms with Crippen molar-refractivity contribution < 1.29 is 9.16 Å². The second-order valence-corrected chi connectivity index (χ2v) is 11.8. The van der Waals surface area contributed by atoms with Crippen LogP contribution in [0.25, 0.3) is 0 Å². The van der Waals surface area contributed by atoms with Crippen molar-refractivity contribution in [3.63, 3.8) is 0 Å². The molecule has 0 aliphatic rings. The minimum atomic E-state index is -1.88. The molecule has 2 nitrogen and oxygen atoms in total. The van der Waals surface area contributed by atoms with Crippen LogP contribution < -0.4 is 0 Å². The lowest BCUT2D eigenvalue weighted by Gasteiger charge is -2.43. The number of ether oxygens (including phenoxy) is 1. The lowest BCUT2D eigenvalue weighted by atomic mass is 9.93. The maximum absolute atomic E-state index is 6.38. The van der Waals surface area contributed by atoms with Crippen molar-refractivity contribution >= 4 is 8.32 Å². The molecule has 0 bridgehead atoms. The quantitative estimate of drug-likeness (QED) is 0.502. The van der Waals surface area contributed by atoms with Crippen LogP contribution in [-0.4, -0.2) is 27.1 Å². The first kappa shape index (κ1) is 18.7. The van der Waals surface area contributed by atoms with Crippen LogP contribution in [0, 0.1) is 12.3 Å². The van der Waals surface area contributed by atoms with E-state index in [1.165, 1.54) is 0 Å². The third-order valence-corrected chi connectivity index (χ3v) is 8.86. The van der Waals surface area contributed by atoms with Gasteiger partial charge in [0.25, 0.3) is 0 Å². The fraction of sp³-hybridized carbons (Fsp3) is 0.875. The standard InChI is InChI=1S/C16H32O2Si/c1-10-12-13-16(6,17-7)14(11-2)18-19(8,9)15(3,4)5/h2,14H,10,12-13H2,1,3-9H3/t14?,16-/m1/s1. The van der Waals surface area contributed by atoms with E-state index in [0.717, 1.165) is 19.3 Å². The lowest BCUT2D eigenvalue weighted by molar-refractivity contribution is -0.0674. The number of unbranched alkanes of at least 4 members (excludes halogenated alkanes) is 1. The Morgan fingerprint density at radius 1 is 1.21 bits per heavy atom. The molecule has 0 fully saturated rings. The molecule has 3 heteroatoms. The largest absolute Gasteiger partial charge is 0.401 e. The van der Waals surface area contributed by atoms with Crippen LogP contribution in [0.2, 0.25) is 18.1 Å². The van der Waals surface area contributed by atoms with Gasteiger partial charge in [-0.3, -0.25) is 0 Å². The Bertz CT molecular complexity index is 312. The Morgan fingerprint density at radius 3 is 2.05 bits per heavy atom. The van der Waals surface area contributed by atoms with Gasteiger partial charge in [0.2, 0.25) is 0 Å². The summed E-state index contributed by atoms with van der Waals surface area (Å²) in [5.74, 6) is 2.82. The van der Waals surface area contributed by atoms with Crippen LogP contribution in [0.15, 0.2) is 0 Å². The number of terminal acetylenes is 1. The monoisotopic (exact) mass is 284 g/mol. The van der Waals surface area contributed by atoms with Crippen LogP contribution in [0.4, 0.5) is 0 Å². The van der Waals surface area contributed by atoms with Gasteiger partial charge in [-0.2, -0.15) is 0 Å². The van der Waals surface area contributed by atoms with Gasteiger partial charge < -0.3 is 9.16 Å². The SMILES string of the molecule is C#CC(O[Si](C)(C)C(C)(C)C)[C@@](C)(CCCC)OC. The van der Waals surface area contributed by atoms with Crippen molar-refractivity contribution in [1.29, 1.82) is 0 Å². The fourth-order valence-corrected chi connectivity index (χ4v) is 2.93. The Labute approximate surface area is 121 Å². The summed E-state index contributed by atoms with van der Waals surface area (Å²) in [7, 11) is -0.146. The molecule has 0 aliphatic carbocycles. The van der Waals surface area contributed by atoms with E-state index in [-0.39, 0.29) is 16.7 Å². The van der Waals surface area contributed by atoms with E-state index in [1.807, 2.05) is 0 Å². The number of hydrogen-bond donors (Lipinski definition) is 0. The molecular formula is C16H32O2Si. The topological polar surface area (TPSA) is 18.5 Å². The van der Waals surface area contributed by atoms with Crippen LogP contribution >= 0.6 is 0 Å². The van der Waals surface area contributed by atoms with Gasteiger partial charge in [0.15, 0.2) is 8.32 Å². The van der Waals surface area contributed by atoms with Crippen molar-refractivity contribution in [2.24, 2.45) is 0 Å². The Hall–Kier alpha value is -0.303. The minimum Gasteiger partial charge on any atom is -0.401 e. The first-order chi connectivity index (χ1) is 8.54. The first-order valence-corrected chi connectivity index (χ1v) is 10.1. The summed E-state index contributed by atoms with van der Waals surface area (Å²) in [6, 6.07) is 0. The van der Waals surface area contributed by atoms with Crippen LogP contribution in [0.1, 0.15) is 53.9 Å². The van der Waals surface area contributed by atoms with Crippen molar-refractivity contribution in [2.75, 3.05) is 7.11 Å². The van der Waals surface area contributed by atoms with Crippen molar-refractivity contribution in [3.05, 3.63) is 0 Å². The van der Waals surface area contributed by atoms with Crippen LogP contribution in [0.5, 0.6) is 0 Å². The summed E-state index contributed by atoms with van der Waals surface area (Å²) in [6.45, 7) is 15.4. The average Bonchev–Trinajstić information content (AvgIpc) is 2.31. The zero-order valence-corrected chi connectivity index (χ0v) is 15.1. The molecule has 2 atom stereocenters. The molecule has 0 radical (unpaired) electrons. The van der Waals surface area contributed by atoms with Crippen molar-refractivity contribution in [1.82, 2.24) is 0 Å². The van der Waals surface area contributed by atoms with Gasteiger partial charge in [-0.15, -0.1) is 6.42 Å². The summed E-state index contributed by atoms with van der Waals surface area (Å²) >= 11 is 0.